The van der Waals surface area contributed by atoms with Gasteiger partial charge in [-0.2, -0.15) is 13.2 Å². The van der Waals surface area contributed by atoms with Crippen LogP contribution in [0.25, 0.3) is 0 Å². The SMILES string of the molecule is CCC[C@H](NC(=O)[C@@H](NC(=O)c1cnccn1)C1CCCCC1)C(=O)N[C@H]1CNC[C@H]1C(=O)N[C@@H](CCC)C(OC(=O)C(F)(F)F)C(=O)NCC(=O)N[C@H](C(=O)N(C)C)c1ccccc1. The Morgan fingerprint density at radius 2 is 1.54 bits per heavy atom. The zero-order valence-corrected chi connectivity index (χ0v) is 36.9. The number of hydrogen-bond donors (Lipinski definition) is 7. The molecule has 1 saturated heterocycles. The van der Waals surface area contributed by atoms with Gasteiger partial charge in [0.05, 0.1) is 30.7 Å². The van der Waals surface area contributed by atoms with Crippen LogP contribution in [0.2, 0.25) is 0 Å². The smallest absolute Gasteiger partial charge is 0.443 e. The molecule has 1 saturated carbocycles. The van der Waals surface area contributed by atoms with Crippen molar-refractivity contribution < 1.29 is 56.3 Å². The van der Waals surface area contributed by atoms with E-state index < -0.39 is 102 Å². The van der Waals surface area contributed by atoms with E-state index >= 15 is 0 Å². The lowest BCUT2D eigenvalue weighted by Crippen LogP contribution is -2.59. The second-order valence-electron chi connectivity index (χ2n) is 16.3. The summed E-state index contributed by atoms with van der Waals surface area (Å²) in [6.45, 7) is 2.64. The van der Waals surface area contributed by atoms with Gasteiger partial charge in [-0.05, 0) is 37.2 Å². The molecule has 7 amide bonds. The Kier molecular flexibility index (Phi) is 19.6. The van der Waals surface area contributed by atoms with Crippen LogP contribution in [-0.2, 0) is 38.3 Å². The number of hydrogen-bond acceptors (Lipinski definition) is 12. The van der Waals surface area contributed by atoms with Gasteiger partial charge in [-0.3, -0.25) is 38.5 Å². The first-order valence-electron chi connectivity index (χ1n) is 21.7. The van der Waals surface area contributed by atoms with Crippen LogP contribution in [0.3, 0.4) is 0 Å². The molecular formula is C43H59F3N10O9. The Balaban J connectivity index is 1.47. The zero-order chi connectivity index (χ0) is 47.7. The molecule has 4 rings (SSSR count). The van der Waals surface area contributed by atoms with Crippen molar-refractivity contribution in [2.24, 2.45) is 11.8 Å². The third kappa shape index (κ3) is 15.2. The number of amides is 7. The van der Waals surface area contributed by atoms with E-state index in [1.54, 1.807) is 44.2 Å². The first kappa shape index (κ1) is 51.4. The Hall–Kier alpha value is -6.19. The number of nitrogens with zero attached hydrogens (tertiary/aromatic N) is 3. The van der Waals surface area contributed by atoms with E-state index in [0.717, 1.165) is 19.3 Å². The number of likely N-dealkylation sites (N-methyl/N-ethyl adjacent to an activating group) is 1. The number of nitrogens with one attached hydrogen (secondary N) is 7. The highest BCUT2D eigenvalue weighted by molar-refractivity contribution is 5.97. The molecule has 2 heterocycles. The largest absolute Gasteiger partial charge is 0.490 e. The Bertz CT molecular complexity index is 1960. The van der Waals surface area contributed by atoms with Crippen LogP contribution >= 0.6 is 0 Å². The molecule has 2 aliphatic rings. The Morgan fingerprint density at radius 1 is 0.846 bits per heavy atom. The quantitative estimate of drug-likeness (QED) is 0.0865. The average Bonchev–Trinajstić information content (AvgIpc) is 3.76. The minimum absolute atomic E-state index is 0.00772. The molecular weight excluding hydrogens is 858 g/mol. The molecule has 1 aromatic heterocycles. The minimum Gasteiger partial charge on any atom is -0.443 e. The molecule has 2 fully saturated rings. The van der Waals surface area contributed by atoms with E-state index in [4.69, 9.17) is 0 Å². The van der Waals surface area contributed by atoms with E-state index in [1.165, 1.54) is 37.6 Å². The molecule has 0 radical (unpaired) electrons. The van der Waals surface area contributed by atoms with Gasteiger partial charge in [0.2, 0.25) is 29.5 Å². The van der Waals surface area contributed by atoms with Gasteiger partial charge in [0.15, 0.2) is 6.10 Å². The predicted octanol–water partition coefficient (Wildman–Crippen LogP) is 0.965. The Labute approximate surface area is 374 Å². The van der Waals surface area contributed by atoms with Crippen LogP contribution in [0.15, 0.2) is 48.9 Å². The number of aromatic nitrogens is 2. The third-order valence-corrected chi connectivity index (χ3v) is 11.1. The summed E-state index contributed by atoms with van der Waals surface area (Å²) in [4.78, 5) is 116. The second-order valence-corrected chi connectivity index (χ2v) is 16.3. The van der Waals surface area contributed by atoms with Crippen molar-refractivity contribution in [1.82, 2.24) is 52.1 Å². The number of ether oxygens (including phenoxy) is 1. The van der Waals surface area contributed by atoms with Crippen molar-refractivity contribution >= 4 is 47.3 Å². The molecule has 1 aliphatic carbocycles. The highest BCUT2D eigenvalue weighted by Gasteiger charge is 2.46. The maximum Gasteiger partial charge on any atom is 0.490 e. The molecule has 22 heteroatoms. The van der Waals surface area contributed by atoms with E-state index in [0.29, 0.717) is 24.8 Å². The normalized spacial score (nSPS) is 18.6. The van der Waals surface area contributed by atoms with Gasteiger partial charge >= 0.3 is 12.1 Å². The van der Waals surface area contributed by atoms with Crippen LogP contribution in [0.1, 0.15) is 93.7 Å². The summed E-state index contributed by atoms with van der Waals surface area (Å²) in [5, 5.41) is 18.6. The molecule has 0 bridgehead atoms. The highest BCUT2D eigenvalue weighted by Crippen LogP contribution is 2.27. The van der Waals surface area contributed by atoms with Crippen molar-refractivity contribution in [2.75, 3.05) is 33.7 Å². The molecule has 1 aliphatic heterocycles. The predicted molar refractivity (Wildman–Crippen MR) is 227 cm³/mol. The molecule has 2 aromatic rings. The standard InChI is InChI=1S/C43H59F3N10O9/c1-5-13-28(35(65-42(64)43(44,45)46)40(62)50-24-32(57)54-34(41(63)56(3)4)26-17-11-8-12-18-26)51-36(58)27-21-48-22-30(27)53-37(59)29(14-6-2)52-39(61)33(25-15-9-7-10-16-25)55-38(60)31-23-47-19-20-49-31/h8,11-12,17-20,23,25,27-30,33-35,48H,5-7,9-10,13-16,21-22,24H2,1-4H3,(H,50,62)(H,51,58)(H,52,61)(H,53,59)(H,54,57)(H,55,60)/t27-,28+,29+,30+,33+,34+,35?/m1/s1. The first-order valence-corrected chi connectivity index (χ1v) is 21.7. The summed E-state index contributed by atoms with van der Waals surface area (Å²) < 4.78 is 45.3. The van der Waals surface area contributed by atoms with Gasteiger partial charge in [0.25, 0.3) is 11.8 Å². The fraction of sp³-hybridized carbons (Fsp3) is 0.581. The van der Waals surface area contributed by atoms with Crippen LogP contribution in [0.4, 0.5) is 13.2 Å². The monoisotopic (exact) mass is 916 g/mol. The molecule has 65 heavy (non-hydrogen) atoms. The summed E-state index contributed by atoms with van der Waals surface area (Å²) in [5.74, 6) is -9.31. The second kappa shape index (κ2) is 24.8. The van der Waals surface area contributed by atoms with Gasteiger partial charge < -0.3 is 46.9 Å². The van der Waals surface area contributed by atoms with Gasteiger partial charge in [0, 0.05) is 39.6 Å². The van der Waals surface area contributed by atoms with Gasteiger partial charge in [-0.1, -0.05) is 76.3 Å². The van der Waals surface area contributed by atoms with E-state index in [2.05, 4.69) is 51.9 Å². The van der Waals surface area contributed by atoms with Gasteiger partial charge in [0.1, 0.15) is 23.8 Å². The lowest BCUT2D eigenvalue weighted by molar-refractivity contribution is -0.206. The zero-order valence-electron chi connectivity index (χ0n) is 36.9. The number of alkyl halides is 3. The molecule has 7 N–H and O–H groups in total. The highest BCUT2D eigenvalue weighted by atomic mass is 19.4. The molecule has 356 valence electrons. The van der Waals surface area contributed by atoms with Gasteiger partial charge in [-0.25, -0.2) is 9.78 Å². The minimum atomic E-state index is -5.53. The number of esters is 1. The lowest BCUT2D eigenvalue weighted by atomic mass is 9.83. The lowest BCUT2D eigenvalue weighted by Gasteiger charge is -2.32. The van der Waals surface area contributed by atoms with Crippen LogP contribution in [-0.4, -0.2) is 132 Å². The van der Waals surface area contributed by atoms with Crippen LogP contribution in [0, 0.1) is 11.8 Å². The van der Waals surface area contributed by atoms with Crippen LogP contribution < -0.4 is 37.2 Å². The number of rotatable bonds is 21. The van der Waals surface area contributed by atoms with E-state index in [9.17, 15) is 51.5 Å². The topological polar surface area (TPSA) is 259 Å². The summed E-state index contributed by atoms with van der Waals surface area (Å²) in [7, 11) is 2.94. The fourth-order valence-corrected chi connectivity index (χ4v) is 7.78. The summed E-state index contributed by atoms with van der Waals surface area (Å²) in [6, 6.07) is 2.49. The van der Waals surface area contributed by atoms with Crippen molar-refractivity contribution in [3.05, 3.63) is 60.2 Å². The first-order chi connectivity index (χ1) is 30.9. The molecule has 7 atom stereocenters. The molecule has 0 spiro atoms. The number of carbonyl (C=O) groups is 8. The van der Waals surface area contributed by atoms with Crippen LogP contribution in [0.5, 0.6) is 0 Å². The maximum absolute atomic E-state index is 13.9. The number of halogens is 3. The van der Waals surface area contributed by atoms with Crippen molar-refractivity contribution in [3.63, 3.8) is 0 Å². The summed E-state index contributed by atoms with van der Waals surface area (Å²) in [5.41, 5.74) is 0.433. The van der Waals surface area contributed by atoms with Crippen molar-refractivity contribution in [1.29, 1.82) is 0 Å². The average molecular weight is 917 g/mol. The number of carbonyl (C=O) groups excluding carboxylic acids is 8. The maximum atomic E-state index is 13.9. The molecule has 1 aromatic carbocycles. The fourth-order valence-electron chi connectivity index (χ4n) is 7.78. The van der Waals surface area contributed by atoms with Crippen molar-refractivity contribution in [2.45, 2.75) is 114 Å². The van der Waals surface area contributed by atoms with E-state index in [1.807, 2.05) is 0 Å². The third-order valence-electron chi connectivity index (χ3n) is 11.1. The summed E-state index contributed by atoms with van der Waals surface area (Å²) >= 11 is 0. The molecule has 19 nitrogen and oxygen atoms in total. The summed E-state index contributed by atoms with van der Waals surface area (Å²) in [6.07, 6.45) is 0.966. The Morgan fingerprint density at radius 3 is 2.15 bits per heavy atom. The van der Waals surface area contributed by atoms with Gasteiger partial charge in [-0.15, -0.1) is 0 Å². The number of benzene rings is 1. The van der Waals surface area contributed by atoms with Crippen molar-refractivity contribution in [3.8, 4) is 0 Å². The van der Waals surface area contributed by atoms with E-state index in [-0.39, 0.29) is 44.0 Å². The molecule has 1 unspecified atom stereocenters.